The van der Waals surface area contributed by atoms with E-state index in [4.69, 9.17) is 5.73 Å². The van der Waals surface area contributed by atoms with E-state index in [0.29, 0.717) is 30.9 Å². The number of aromatic nitrogens is 2. The molecule has 4 rings (SSSR count). The summed E-state index contributed by atoms with van der Waals surface area (Å²) in [7, 11) is 1.25. The van der Waals surface area contributed by atoms with Crippen molar-refractivity contribution in [3.05, 3.63) is 36.7 Å². The standard InChI is InChI=1S/C23H28N6O4S/c1-13(2)19(27-23(32)33-3)21(31)29-10-4-5-16(29)20(30)25-18-12-28-11-17(34-22(28)26-18)14-6-8-15(24)9-7-14/h6-9,11-13,16,19H,4-5,10,24H2,1-3H3,(H,25,30)(H,27,32)/t16?,19-/m0/s1. The van der Waals surface area contributed by atoms with Crippen molar-refractivity contribution in [1.82, 2.24) is 19.6 Å². The summed E-state index contributed by atoms with van der Waals surface area (Å²) < 4.78 is 6.50. The molecule has 1 saturated heterocycles. The number of methoxy groups -OCH3 is 1. The second-order valence-electron chi connectivity index (χ2n) is 8.57. The molecule has 0 saturated carbocycles. The number of nitrogens with one attached hydrogen (secondary N) is 2. The number of carbonyl (C=O) groups excluding carboxylic acids is 3. The molecule has 4 N–H and O–H groups in total. The number of hydrogen-bond acceptors (Lipinski definition) is 7. The summed E-state index contributed by atoms with van der Waals surface area (Å²) >= 11 is 1.50. The van der Waals surface area contributed by atoms with Crippen molar-refractivity contribution >= 4 is 45.7 Å². The number of benzene rings is 1. The van der Waals surface area contributed by atoms with Crippen LogP contribution in [0.1, 0.15) is 26.7 Å². The van der Waals surface area contributed by atoms with Gasteiger partial charge in [-0.2, -0.15) is 0 Å². The second-order valence-corrected chi connectivity index (χ2v) is 9.58. The zero-order valence-corrected chi connectivity index (χ0v) is 20.1. The summed E-state index contributed by atoms with van der Waals surface area (Å²) in [6.45, 7) is 4.12. The molecule has 1 fully saturated rings. The number of nitrogens with zero attached hydrogens (tertiary/aromatic N) is 3. The van der Waals surface area contributed by atoms with Gasteiger partial charge in [-0.1, -0.05) is 37.3 Å². The summed E-state index contributed by atoms with van der Waals surface area (Å²) in [4.78, 5) is 45.7. The van der Waals surface area contributed by atoms with E-state index >= 15 is 0 Å². The number of nitrogen functional groups attached to an aromatic ring is 1. The highest BCUT2D eigenvalue weighted by atomic mass is 32.1. The monoisotopic (exact) mass is 484 g/mol. The minimum atomic E-state index is -0.773. The van der Waals surface area contributed by atoms with E-state index < -0.39 is 18.2 Å². The molecule has 1 aliphatic heterocycles. The van der Waals surface area contributed by atoms with Crippen LogP contribution in [0, 0.1) is 5.92 Å². The van der Waals surface area contributed by atoms with Crippen LogP contribution in [-0.2, 0) is 14.3 Å². The Morgan fingerprint density at radius 2 is 1.94 bits per heavy atom. The largest absolute Gasteiger partial charge is 0.453 e. The van der Waals surface area contributed by atoms with Crippen LogP contribution in [0.3, 0.4) is 0 Å². The highest BCUT2D eigenvalue weighted by molar-refractivity contribution is 7.20. The predicted octanol–water partition coefficient (Wildman–Crippen LogP) is 2.96. The van der Waals surface area contributed by atoms with E-state index in [9.17, 15) is 14.4 Å². The summed E-state index contributed by atoms with van der Waals surface area (Å²) in [5, 5.41) is 5.43. The molecule has 180 valence electrons. The molecule has 3 amide bonds. The summed E-state index contributed by atoms with van der Waals surface area (Å²) in [6.07, 6.45) is 4.27. The van der Waals surface area contributed by atoms with Crippen LogP contribution in [0.2, 0.25) is 0 Å². The molecule has 0 radical (unpaired) electrons. The van der Waals surface area contributed by atoms with Crippen molar-refractivity contribution < 1.29 is 19.1 Å². The number of rotatable bonds is 6. The molecular formula is C23H28N6O4S. The number of hydrogen-bond donors (Lipinski definition) is 3. The first-order chi connectivity index (χ1) is 16.3. The molecule has 1 aromatic carbocycles. The number of alkyl carbamates (subject to hydrolysis) is 1. The summed E-state index contributed by atoms with van der Waals surface area (Å²) in [6, 6.07) is 6.21. The maximum Gasteiger partial charge on any atom is 0.407 e. The number of anilines is 2. The van der Waals surface area contributed by atoms with Crippen molar-refractivity contribution in [3.63, 3.8) is 0 Å². The minimum Gasteiger partial charge on any atom is -0.453 e. The Morgan fingerprint density at radius 1 is 1.21 bits per heavy atom. The molecule has 10 nitrogen and oxygen atoms in total. The lowest BCUT2D eigenvalue weighted by Gasteiger charge is -2.30. The Balaban J connectivity index is 1.45. The van der Waals surface area contributed by atoms with Crippen molar-refractivity contribution in [2.75, 3.05) is 24.7 Å². The maximum atomic E-state index is 13.1. The van der Waals surface area contributed by atoms with E-state index in [-0.39, 0.29) is 17.7 Å². The van der Waals surface area contributed by atoms with Crippen LogP contribution in [-0.4, -0.2) is 57.9 Å². The lowest BCUT2D eigenvalue weighted by atomic mass is 10.0. The minimum absolute atomic E-state index is 0.161. The van der Waals surface area contributed by atoms with Gasteiger partial charge in [0, 0.05) is 18.4 Å². The molecule has 0 bridgehead atoms. The number of thiazole rings is 1. The van der Waals surface area contributed by atoms with Gasteiger partial charge in [-0.3, -0.25) is 14.0 Å². The lowest BCUT2D eigenvalue weighted by molar-refractivity contribution is -0.139. The molecule has 2 atom stereocenters. The van der Waals surface area contributed by atoms with E-state index in [1.165, 1.54) is 23.3 Å². The Hall–Kier alpha value is -3.60. The third-order valence-electron chi connectivity index (χ3n) is 5.83. The van der Waals surface area contributed by atoms with Gasteiger partial charge in [0.25, 0.3) is 0 Å². The van der Waals surface area contributed by atoms with E-state index in [1.807, 2.05) is 48.7 Å². The van der Waals surface area contributed by atoms with Crippen LogP contribution in [0.25, 0.3) is 15.4 Å². The molecule has 0 spiro atoms. The molecular weight excluding hydrogens is 456 g/mol. The number of carbonyl (C=O) groups is 3. The van der Waals surface area contributed by atoms with Crippen molar-refractivity contribution in [2.45, 2.75) is 38.8 Å². The molecule has 2 aromatic heterocycles. The number of likely N-dealkylation sites (tertiary alicyclic amines) is 1. The molecule has 1 aliphatic rings. The van der Waals surface area contributed by atoms with Gasteiger partial charge in [0.15, 0.2) is 10.8 Å². The molecule has 0 aliphatic carbocycles. The van der Waals surface area contributed by atoms with Crippen LogP contribution < -0.4 is 16.4 Å². The average molecular weight is 485 g/mol. The zero-order chi connectivity index (χ0) is 24.4. The van der Waals surface area contributed by atoms with Gasteiger partial charge in [0.05, 0.1) is 18.2 Å². The fourth-order valence-corrected chi connectivity index (χ4v) is 5.00. The lowest BCUT2D eigenvalue weighted by Crippen LogP contribution is -2.54. The number of ether oxygens (including phenoxy) is 1. The van der Waals surface area contributed by atoms with Crippen molar-refractivity contribution in [3.8, 4) is 10.4 Å². The van der Waals surface area contributed by atoms with E-state index in [1.54, 1.807) is 6.20 Å². The predicted molar refractivity (Wildman–Crippen MR) is 130 cm³/mol. The fourth-order valence-electron chi connectivity index (χ4n) is 4.03. The molecule has 3 aromatic rings. The first-order valence-corrected chi connectivity index (χ1v) is 11.9. The maximum absolute atomic E-state index is 13.1. The first kappa shape index (κ1) is 23.6. The Kier molecular flexibility index (Phi) is 6.73. The van der Waals surface area contributed by atoms with Gasteiger partial charge >= 0.3 is 6.09 Å². The third-order valence-corrected chi connectivity index (χ3v) is 6.88. The van der Waals surface area contributed by atoms with Gasteiger partial charge in [-0.25, -0.2) is 9.78 Å². The van der Waals surface area contributed by atoms with Gasteiger partial charge in [-0.15, -0.1) is 0 Å². The quantitative estimate of drug-likeness (QED) is 0.461. The van der Waals surface area contributed by atoms with Crippen LogP contribution >= 0.6 is 11.3 Å². The third kappa shape index (κ3) is 4.84. The topological polar surface area (TPSA) is 131 Å². The first-order valence-electron chi connectivity index (χ1n) is 11.1. The Labute approximate surface area is 201 Å². The number of nitrogens with two attached hydrogens (primary N) is 1. The van der Waals surface area contributed by atoms with E-state index in [0.717, 1.165) is 15.4 Å². The zero-order valence-electron chi connectivity index (χ0n) is 19.3. The SMILES string of the molecule is COC(=O)N[C@H](C(=O)N1CCCC1C(=O)Nc1cn2cc(-c3ccc(N)cc3)sc2n1)C(C)C. The number of imidazole rings is 1. The van der Waals surface area contributed by atoms with Gasteiger partial charge in [-0.05, 0) is 36.5 Å². The molecule has 1 unspecified atom stereocenters. The summed E-state index contributed by atoms with van der Waals surface area (Å²) in [5.74, 6) is -0.327. The fraction of sp³-hybridized carbons (Fsp3) is 0.391. The Morgan fingerprint density at radius 3 is 2.59 bits per heavy atom. The number of amides is 3. The highest BCUT2D eigenvalue weighted by Gasteiger charge is 2.39. The smallest absolute Gasteiger partial charge is 0.407 e. The van der Waals surface area contributed by atoms with Gasteiger partial charge < -0.3 is 26.0 Å². The van der Waals surface area contributed by atoms with Crippen molar-refractivity contribution in [2.24, 2.45) is 5.92 Å². The second kappa shape index (κ2) is 9.72. The van der Waals surface area contributed by atoms with Crippen LogP contribution in [0.5, 0.6) is 0 Å². The van der Waals surface area contributed by atoms with Gasteiger partial charge in [0.2, 0.25) is 11.8 Å². The van der Waals surface area contributed by atoms with E-state index in [2.05, 4.69) is 20.4 Å². The van der Waals surface area contributed by atoms with Crippen LogP contribution in [0.4, 0.5) is 16.3 Å². The van der Waals surface area contributed by atoms with Crippen LogP contribution in [0.15, 0.2) is 36.7 Å². The molecule has 3 heterocycles. The number of fused-ring (bicyclic) bond motifs is 1. The summed E-state index contributed by atoms with van der Waals surface area (Å²) in [5.41, 5.74) is 7.50. The molecule has 11 heteroatoms. The normalized spacial score (nSPS) is 16.6. The van der Waals surface area contributed by atoms with Crippen molar-refractivity contribution in [1.29, 1.82) is 0 Å². The Bertz CT molecular complexity index is 1170. The average Bonchev–Trinajstić information content (AvgIpc) is 3.52. The highest BCUT2D eigenvalue weighted by Crippen LogP contribution is 2.30. The molecule has 34 heavy (non-hydrogen) atoms. The van der Waals surface area contributed by atoms with Gasteiger partial charge in [0.1, 0.15) is 12.1 Å².